The van der Waals surface area contributed by atoms with Gasteiger partial charge in [-0.3, -0.25) is 0 Å². The minimum absolute atomic E-state index is 0.00729. The third kappa shape index (κ3) is 2.19. The standard InChI is InChI=1S/C16H21NS/c1-15(2)7-8-16(17,11-15)9-12-10-18-14-6-4-3-5-13(12)14/h3-6,10H,7-9,11,17H2,1-2H3. The SMILES string of the molecule is CC1(C)CCC(N)(Cc2csc3ccccc23)C1. The molecule has 3 rings (SSSR count). The van der Waals surface area contributed by atoms with Crippen LogP contribution in [0.25, 0.3) is 10.1 Å². The molecule has 1 atom stereocenters. The van der Waals surface area contributed by atoms with Gasteiger partial charge in [0.1, 0.15) is 0 Å². The number of rotatable bonds is 2. The molecule has 0 radical (unpaired) electrons. The van der Waals surface area contributed by atoms with Gasteiger partial charge < -0.3 is 5.73 Å². The van der Waals surface area contributed by atoms with Gasteiger partial charge >= 0.3 is 0 Å². The molecule has 1 nitrogen and oxygen atoms in total. The van der Waals surface area contributed by atoms with Crippen LogP contribution in [-0.2, 0) is 6.42 Å². The predicted octanol–water partition coefficient (Wildman–Crippen LogP) is 4.35. The summed E-state index contributed by atoms with van der Waals surface area (Å²) in [7, 11) is 0. The van der Waals surface area contributed by atoms with Gasteiger partial charge in [-0.1, -0.05) is 32.0 Å². The van der Waals surface area contributed by atoms with Gasteiger partial charge in [0.15, 0.2) is 0 Å². The molecule has 1 heterocycles. The van der Waals surface area contributed by atoms with Crippen molar-refractivity contribution in [2.75, 3.05) is 0 Å². The Labute approximate surface area is 113 Å². The monoisotopic (exact) mass is 259 g/mol. The molecule has 2 heteroatoms. The number of fused-ring (bicyclic) bond motifs is 1. The van der Waals surface area contributed by atoms with Crippen LogP contribution in [0.1, 0.15) is 38.7 Å². The van der Waals surface area contributed by atoms with Crippen LogP contribution in [0.3, 0.4) is 0 Å². The van der Waals surface area contributed by atoms with Gasteiger partial charge in [-0.25, -0.2) is 0 Å². The van der Waals surface area contributed by atoms with E-state index in [0.717, 1.165) is 19.3 Å². The van der Waals surface area contributed by atoms with E-state index in [-0.39, 0.29) is 5.54 Å². The number of hydrogen-bond acceptors (Lipinski definition) is 2. The van der Waals surface area contributed by atoms with E-state index in [4.69, 9.17) is 5.73 Å². The quantitative estimate of drug-likeness (QED) is 0.852. The van der Waals surface area contributed by atoms with E-state index < -0.39 is 0 Å². The lowest BCUT2D eigenvalue weighted by molar-refractivity contribution is 0.335. The van der Waals surface area contributed by atoms with Gasteiger partial charge in [0.05, 0.1) is 0 Å². The Balaban J connectivity index is 1.89. The molecule has 0 amide bonds. The van der Waals surface area contributed by atoms with Gasteiger partial charge in [-0.2, -0.15) is 0 Å². The van der Waals surface area contributed by atoms with Crippen molar-refractivity contribution >= 4 is 21.4 Å². The number of nitrogens with two attached hydrogens (primary N) is 1. The summed E-state index contributed by atoms with van der Waals surface area (Å²) in [6.07, 6.45) is 4.58. The lowest BCUT2D eigenvalue weighted by atomic mass is 9.85. The van der Waals surface area contributed by atoms with E-state index in [1.54, 1.807) is 0 Å². The van der Waals surface area contributed by atoms with Crippen LogP contribution in [0, 0.1) is 5.41 Å². The van der Waals surface area contributed by atoms with Crippen LogP contribution in [-0.4, -0.2) is 5.54 Å². The Morgan fingerprint density at radius 2 is 2.00 bits per heavy atom. The molecule has 1 unspecified atom stereocenters. The molecule has 18 heavy (non-hydrogen) atoms. The first-order valence-electron chi connectivity index (χ1n) is 6.72. The summed E-state index contributed by atoms with van der Waals surface area (Å²) in [5.41, 5.74) is 8.49. The molecule has 1 aliphatic rings. The molecule has 0 saturated heterocycles. The van der Waals surface area contributed by atoms with Crippen LogP contribution in [0.2, 0.25) is 0 Å². The van der Waals surface area contributed by atoms with E-state index >= 15 is 0 Å². The normalized spacial score (nSPS) is 26.8. The highest BCUT2D eigenvalue weighted by Crippen LogP contribution is 2.44. The first-order chi connectivity index (χ1) is 8.48. The van der Waals surface area contributed by atoms with Gasteiger partial charge in [0.25, 0.3) is 0 Å². The smallest absolute Gasteiger partial charge is 0.0345 e. The zero-order chi connectivity index (χ0) is 12.8. The van der Waals surface area contributed by atoms with Crippen molar-refractivity contribution in [1.29, 1.82) is 0 Å². The maximum absolute atomic E-state index is 6.62. The fourth-order valence-corrected chi connectivity index (χ4v) is 4.38. The average molecular weight is 259 g/mol. The van der Waals surface area contributed by atoms with Crippen molar-refractivity contribution in [3.05, 3.63) is 35.2 Å². The minimum Gasteiger partial charge on any atom is -0.325 e. The Bertz CT molecular complexity index is 569. The van der Waals surface area contributed by atoms with Crippen molar-refractivity contribution in [2.24, 2.45) is 11.1 Å². The lowest BCUT2D eigenvalue weighted by Gasteiger charge is -2.26. The van der Waals surface area contributed by atoms with Crippen molar-refractivity contribution in [2.45, 2.75) is 45.1 Å². The van der Waals surface area contributed by atoms with Crippen LogP contribution < -0.4 is 5.73 Å². The molecule has 1 aromatic heterocycles. The lowest BCUT2D eigenvalue weighted by Crippen LogP contribution is -2.39. The summed E-state index contributed by atoms with van der Waals surface area (Å²) in [5.74, 6) is 0. The summed E-state index contributed by atoms with van der Waals surface area (Å²) in [4.78, 5) is 0. The van der Waals surface area contributed by atoms with E-state index in [0.29, 0.717) is 5.41 Å². The second-order valence-electron chi connectivity index (χ2n) is 6.64. The van der Waals surface area contributed by atoms with Crippen molar-refractivity contribution in [3.63, 3.8) is 0 Å². The molecule has 1 fully saturated rings. The number of thiophene rings is 1. The van der Waals surface area contributed by atoms with Crippen molar-refractivity contribution in [3.8, 4) is 0 Å². The molecule has 2 N–H and O–H groups in total. The van der Waals surface area contributed by atoms with Gasteiger partial charge in [0, 0.05) is 10.2 Å². The summed E-state index contributed by atoms with van der Waals surface area (Å²) in [6.45, 7) is 4.68. The first kappa shape index (κ1) is 12.2. The fraction of sp³-hybridized carbons (Fsp3) is 0.500. The van der Waals surface area contributed by atoms with Crippen LogP contribution in [0.5, 0.6) is 0 Å². The third-order valence-corrected chi connectivity index (χ3v) is 5.25. The largest absolute Gasteiger partial charge is 0.325 e. The van der Waals surface area contributed by atoms with E-state index in [9.17, 15) is 0 Å². The van der Waals surface area contributed by atoms with Crippen LogP contribution in [0.15, 0.2) is 29.6 Å². The van der Waals surface area contributed by atoms with Crippen LogP contribution in [0.4, 0.5) is 0 Å². The average Bonchev–Trinajstić information content (AvgIpc) is 2.82. The fourth-order valence-electron chi connectivity index (χ4n) is 3.42. The molecule has 96 valence electrons. The van der Waals surface area contributed by atoms with E-state index in [2.05, 4.69) is 43.5 Å². The molecule has 1 aliphatic carbocycles. The van der Waals surface area contributed by atoms with E-state index in [1.807, 2.05) is 11.3 Å². The van der Waals surface area contributed by atoms with Crippen LogP contribution >= 0.6 is 11.3 Å². The van der Waals surface area contributed by atoms with Crippen molar-refractivity contribution < 1.29 is 0 Å². The molecule has 0 spiro atoms. The number of hydrogen-bond donors (Lipinski definition) is 1. The molecular formula is C16H21NS. The molecule has 0 bridgehead atoms. The third-order valence-electron chi connectivity index (χ3n) is 4.23. The zero-order valence-corrected chi connectivity index (χ0v) is 12.0. The Hall–Kier alpha value is -0.860. The highest BCUT2D eigenvalue weighted by Gasteiger charge is 2.40. The first-order valence-corrected chi connectivity index (χ1v) is 7.60. The Kier molecular flexibility index (Phi) is 2.76. The highest BCUT2D eigenvalue weighted by atomic mass is 32.1. The second kappa shape index (κ2) is 4.07. The summed E-state index contributed by atoms with van der Waals surface area (Å²) >= 11 is 1.84. The topological polar surface area (TPSA) is 26.0 Å². The maximum atomic E-state index is 6.62. The van der Waals surface area contributed by atoms with Gasteiger partial charge in [0.2, 0.25) is 0 Å². The highest BCUT2D eigenvalue weighted by molar-refractivity contribution is 7.17. The Morgan fingerprint density at radius 1 is 1.22 bits per heavy atom. The summed E-state index contributed by atoms with van der Waals surface area (Å²) in [6, 6.07) is 8.66. The molecule has 1 saturated carbocycles. The molecular weight excluding hydrogens is 238 g/mol. The van der Waals surface area contributed by atoms with Crippen molar-refractivity contribution in [1.82, 2.24) is 0 Å². The zero-order valence-electron chi connectivity index (χ0n) is 11.2. The van der Waals surface area contributed by atoms with Gasteiger partial charge in [-0.15, -0.1) is 11.3 Å². The predicted molar refractivity (Wildman–Crippen MR) is 80.1 cm³/mol. The maximum Gasteiger partial charge on any atom is 0.0345 e. The molecule has 0 aliphatic heterocycles. The van der Waals surface area contributed by atoms with Gasteiger partial charge in [-0.05, 0) is 53.5 Å². The Morgan fingerprint density at radius 3 is 2.72 bits per heavy atom. The summed E-state index contributed by atoms with van der Waals surface area (Å²) < 4.78 is 1.38. The molecule has 2 aromatic rings. The molecule has 1 aromatic carbocycles. The van der Waals surface area contributed by atoms with E-state index in [1.165, 1.54) is 22.1 Å². The minimum atomic E-state index is 0.00729. The summed E-state index contributed by atoms with van der Waals surface area (Å²) in [5, 5.41) is 3.70. The number of benzene rings is 1. The second-order valence-corrected chi connectivity index (χ2v) is 7.55.